The summed E-state index contributed by atoms with van der Waals surface area (Å²) in [5.74, 6) is 1.56. The van der Waals surface area contributed by atoms with Gasteiger partial charge in [0.2, 0.25) is 5.91 Å². The summed E-state index contributed by atoms with van der Waals surface area (Å²) in [4.78, 5) is 14.9. The Morgan fingerprint density at radius 1 is 1.26 bits per heavy atom. The second kappa shape index (κ2) is 6.25. The number of hydrogen-bond donors (Lipinski definition) is 1. The smallest absolute Gasteiger partial charge is 0.241 e. The third-order valence-corrected chi connectivity index (χ3v) is 5.01. The highest BCUT2D eigenvalue weighted by Gasteiger charge is 2.43. The summed E-state index contributed by atoms with van der Waals surface area (Å²) in [6.45, 7) is 8.75. The molecule has 2 aliphatic rings. The minimum Gasteiger partial charge on any atom is -0.323 e. The maximum Gasteiger partial charge on any atom is 0.241 e. The van der Waals surface area contributed by atoms with E-state index < -0.39 is 0 Å². The van der Waals surface area contributed by atoms with Crippen LogP contribution in [0.2, 0.25) is 0 Å². The Bertz CT molecular complexity index is 316. The van der Waals surface area contributed by atoms with Gasteiger partial charge >= 0.3 is 0 Å². The average molecular weight is 266 g/mol. The number of carbonyl (C=O) groups is 1. The average Bonchev–Trinajstić information content (AvgIpc) is 2.76. The van der Waals surface area contributed by atoms with Gasteiger partial charge in [-0.2, -0.15) is 0 Å². The first-order valence-corrected chi connectivity index (χ1v) is 8.16. The molecule has 0 aromatic carbocycles. The monoisotopic (exact) mass is 266 g/mol. The normalized spacial score (nSPS) is 36.3. The Balaban J connectivity index is 2.10. The summed E-state index contributed by atoms with van der Waals surface area (Å²) in [7, 11) is 0. The van der Waals surface area contributed by atoms with Gasteiger partial charge in [0.15, 0.2) is 0 Å². The maximum absolute atomic E-state index is 12.7. The summed E-state index contributed by atoms with van der Waals surface area (Å²) in [6, 6.07) is 0.513. The lowest BCUT2D eigenvalue weighted by Gasteiger charge is -2.38. The topological polar surface area (TPSA) is 32.3 Å². The molecule has 3 heteroatoms. The van der Waals surface area contributed by atoms with Crippen molar-refractivity contribution in [1.82, 2.24) is 10.2 Å². The third kappa shape index (κ3) is 2.96. The molecule has 1 amide bonds. The number of hydrogen-bond acceptors (Lipinski definition) is 2. The Labute approximate surface area is 118 Å². The van der Waals surface area contributed by atoms with Crippen LogP contribution in [0, 0.1) is 11.8 Å². The first-order chi connectivity index (χ1) is 9.08. The van der Waals surface area contributed by atoms with Gasteiger partial charge in [0.05, 0.1) is 12.2 Å². The Morgan fingerprint density at radius 2 is 2.00 bits per heavy atom. The molecule has 2 rings (SSSR count). The lowest BCUT2D eigenvalue weighted by atomic mass is 9.83. The van der Waals surface area contributed by atoms with Crippen LogP contribution in [0.3, 0.4) is 0 Å². The van der Waals surface area contributed by atoms with Gasteiger partial charge in [-0.1, -0.05) is 47.0 Å². The number of rotatable bonds is 4. The van der Waals surface area contributed by atoms with Gasteiger partial charge < -0.3 is 4.90 Å². The summed E-state index contributed by atoms with van der Waals surface area (Å²) in [5.41, 5.74) is 0. The molecule has 1 N–H and O–H groups in total. The zero-order valence-electron chi connectivity index (χ0n) is 13.0. The molecular weight excluding hydrogens is 236 g/mol. The number of amides is 1. The number of nitrogens with zero attached hydrogens (tertiary/aromatic N) is 1. The van der Waals surface area contributed by atoms with Crippen molar-refractivity contribution in [2.45, 2.75) is 84.5 Å². The van der Waals surface area contributed by atoms with E-state index in [4.69, 9.17) is 0 Å². The van der Waals surface area contributed by atoms with Crippen LogP contribution in [-0.2, 0) is 4.79 Å². The maximum atomic E-state index is 12.7. The first kappa shape index (κ1) is 14.8. The molecule has 4 unspecified atom stereocenters. The molecule has 4 atom stereocenters. The standard InChI is InChI=1S/C16H30N2O/c1-5-12-8-7-9-13(10-12)18-14(6-2)17-15(11(3)4)16(18)19/h11-15,17H,5-10H2,1-4H3. The van der Waals surface area contributed by atoms with E-state index in [1.807, 2.05) is 0 Å². The fraction of sp³-hybridized carbons (Fsp3) is 0.938. The molecule has 1 aliphatic carbocycles. The van der Waals surface area contributed by atoms with E-state index in [1.165, 1.54) is 32.1 Å². The van der Waals surface area contributed by atoms with Crippen LogP contribution in [-0.4, -0.2) is 29.1 Å². The Kier molecular flexibility index (Phi) is 4.88. The molecule has 1 saturated carbocycles. The second-order valence-corrected chi connectivity index (χ2v) is 6.65. The zero-order chi connectivity index (χ0) is 14.0. The van der Waals surface area contributed by atoms with E-state index in [-0.39, 0.29) is 12.2 Å². The molecule has 1 saturated heterocycles. The molecule has 3 nitrogen and oxygen atoms in total. The molecule has 1 aliphatic heterocycles. The van der Waals surface area contributed by atoms with Crippen molar-refractivity contribution in [1.29, 1.82) is 0 Å². The van der Waals surface area contributed by atoms with Gasteiger partial charge in [-0.15, -0.1) is 0 Å². The van der Waals surface area contributed by atoms with E-state index in [2.05, 4.69) is 37.9 Å². The molecule has 110 valence electrons. The zero-order valence-corrected chi connectivity index (χ0v) is 13.0. The molecule has 0 bridgehead atoms. The predicted octanol–water partition coefficient (Wildman–Crippen LogP) is 3.15. The minimum absolute atomic E-state index is 0.0342. The number of nitrogens with one attached hydrogen (secondary N) is 1. The molecular formula is C16H30N2O. The van der Waals surface area contributed by atoms with Crippen LogP contribution in [0.15, 0.2) is 0 Å². The summed E-state index contributed by atoms with van der Waals surface area (Å²) in [6.07, 6.45) is 7.60. The third-order valence-electron chi connectivity index (χ3n) is 5.01. The highest BCUT2D eigenvalue weighted by Crippen LogP contribution is 2.33. The van der Waals surface area contributed by atoms with Gasteiger partial charge in [-0.05, 0) is 31.1 Å². The van der Waals surface area contributed by atoms with Gasteiger partial charge in [0, 0.05) is 6.04 Å². The second-order valence-electron chi connectivity index (χ2n) is 6.65. The van der Waals surface area contributed by atoms with Crippen LogP contribution in [0.5, 0.6) is 0 Å². The van der Waals surface area contributed by atoms with Gasteiger partial charge in [-0.25, -0.2) is 0 Å². The van der Waals surface area contributed by atoms with Crippen LogP contribution in [0.25, 0.3) is 0 Å². The van der Waals surface area contributed by atoms with Crippen molar-refractivity contribution in [2.24, 2.45) is 11.8 Å². The van der Waals surface area contributed by atoms with E-state index >= 15 is 0 Å². The van der Waals surface area contributed by atoms with Crippen LogP contribution >= 0.6 is 0 Å². The van der Waals surface area contributed by atoms with E-state index in [0.717, 1.165) is 12.3 Å². The lowest BCUT2D eigenvalue weighted by Crippen LogP contribution is -2.46. The van der Waals surface area contributed by atoms with Crippen molar-refractivity contribution in [3.05, 3.63) is 0 Å². The summed E-state index contributed by atoms with van der Waals surface area (Å²) in [5, 5.41) is 3.55. The highest BCUT2D eigenvalue weighted by atomic mass is 16.2. The van der Waals surface area contributed by atoms with Crippen LogP contribution in [0.4, 0.5) is 0 Å². The number of carbonyl (C=O) groups excluding carboxylic acids is 1. The molecule has 2 fully saturated rings. The first-order valence-electron chi connectivity index (χ1n) is 8.16. The van der Waals surface area contributed by atoms with E-state index in [9.17, 15) is 4.79 Å². The molecule has 0 spiro atoms. The van der Waals surface area contributed by atoms with E-state index in [1.54, 1.807) is 0 Å². The van der Waals surface area contributed by atoms with Crippen molar-refractivity contribution >= 4 is 5.91 Å². The van der Waals surface area contributed by atoms with Crippen molar-refractivity contribution < 1.29 is 4.79 Å². The fourth-order valence-corrected chi connectivity index (χ4v) is 3.79. The summed E-state index contributed by atoms with van der Waals surface area (Å²) < 4.78 is 0. The largest absolute Gasteiger partial charge is 0.323 e. The van der Waals surface area contributed by atoms with Gasteiger partial charge in [0.1, 0.15) is 0 Å². The molecule has 1 heterocycles. The van der Waals surface area contributed by atoms with Gasteiger partial charge in [0.25, 0.3) is 0 Å². The molecule has 19 heavy (non-hydrogen) atoms. The van der Waals surface area contributed by atoms with Crippen molar-refractivity contribution in [3.8, 4) is 0 Å². The lowest BCUT2D eigenvalue weighted by molar-refractivity contribution is -0.134. The van der Waals surface area contributed by atoms with Crippen LogP contribution in [0.1, 0.15) is 66.2 Å². The van der Waals surface area contributed by atoms with Gasteiger partial charge in [-0.3, -0.25) is 10.1 Å². The van der Waals surface area contributed by atoms with E-state index in [0.29, 0.717) is 17.9 Å². The van der Waals surface area contributed by atoms with Crippen molar-refractivity contribution in [2.75, 3.05) is 0 Å². The fourth-order valence-electron chi connectivity index (χ4n) is 3.79. The molecule has 0 aromatic heterocycles. The quantitative estimate of drug-likeness (QED) is 0.848. The Hall–Kier alpha value is -0.570. The predicted molar refractivity (Wildman–Crippen MR) is 78.7 cm³/mol. The van der Waals surface area contributed by atoms with Crippen molar-refractivity contribution in [3.63, 3.8) is 0 Å². The summed E-state index contributed by atoms with van der Waals surface area (Å²) >= 11 is 0. The molecule has 0 radical (unpaired) electrons. The molecule has 0 aromatic rings. The minimum atomic E-state index is 0.0342. The Morgan fingerprint density at radius 3 is 2.58 bits per heavy atom. The van der Waals surface area contributed by atoms with Crippen LogP contribution < -0.4 is 5.32 Å². The highest BCUT2D eigenvalue weighted by molar-refractivity contribution is 5.85. The SMILES string of the molecule is CCC1CCCC(N2C(=O)C(C(C)C)NC2CC)C1.